The number of aliphatic hydroxyl groups is 3. The average molecular weight is 588 g/mol. The average Bonchev–Trinajstić information content (AvgIpc) is 2.91. The highest BCUT2D eigenvalue weighted by molar-refractivity contribution is 7.98. The van der Waals surface area contributed by atoms with Gasteiger partial charge in [-0.05, 0) is 43.0 Å². The van der Waals surface area contributed by atoms with Gasteiger partial charge in [0.25, 0.3) is 0 Å². The SMILES string of the molecule is CSCC[C@H](NC(=O)[C@H](CO)NC(=O)[C@H](Cc1ccc(O)cc1)NC(=O)[C@@H](NC(=O)[C@@H](N)CO)[C@@H](C)O)C(=O)O. The van der Waals surface area contributed by atoms with Crippen molar-refractivity contribution in [1.29, 1.82) is 0 Å². The highest BCUT2D eigenvalue weighted by Crippen LogP contribution is 2.12. The third kappa shape index (κ3) is 11.4. The number of hydrogen-bond donors (Lipinski definition) is 10. The number of carbonyl (C=O) groups excluding carboxylic acids is 4. The summed E-state index contributed by atoms with van der Waals surface area (Å²) in [6.45, 7) is -0.416. The van der Waals surface area contributed by atoms with E-state index in [9.17, 15) is 44.4 Å². The van der Waals surface area contributed by atoms with Gasteiger partial charge >= 0.3 is 5.97 Å². The standard InChI is InChI=1S/C24H37N5O10S/c1-12(32)19(29-20(34)15(25)10-30)23(37)27-17(9-13-3-5-14(33)6-4-13)21(35)28-18(11-31)22(36)26-16(24(38)39)7-8-40-2/h3-6,12,15-19,30-33H,7-11,25H2,1-2H3,(H,26,36)(H,27,37)(H,28,35)(H,29,34)(H,38,39)/t12-,15+,16+,17+,18+,19+/m1/s1. The summed E-state index contributed by atoms with van der Waals surface area (Å²) in [7, 11) is 0. The van der Waals surface area contributed by atoms with Crippen LogP contribution < -0.4 is 27.0 Å². The van der Waals surface area contributed by atoms with Crippen LogP contribution in [0.3, 0.4) is 0 Å². The number of carboxylic acids is 1. The maximum Gasteiger partial charge on any atom is 0.326 e. The molecule has 1 aromatic rings. The van der Waals surface area contributed by atoms with E-state index in [2.05, 4.69) is 21.3 Å². The Balaban J connectivity index is 3.15. The van der Waals surface area contributed by atoms with E-state index in [0.717, 1.165) is 0 Å². The summed E-state index contributed by atoms with van der Waals surface area (Å²) in [5.74, 6) is -4.78. The number of nitrogens with one attached hydrogen (secondary N) is 4. The number of aliphatic carboxylic acids is 1. The molecule has 0 aromatic heterocycles. The molecule has 0 unspecified atom stereocenters. The van der Waals surface area contributed by atoms with Crippen LogP contribution in [0.15, 0.2) is 24.3 Å². The van der Waals surface area contributed by atoms with Crippen LogP contribution in [0, 0.1) is 0 Å². The first-order chi connectivity index (χ1) is 18.8. The first kappa shape index (κ1) is 34.6. The number of phenols is 1. The molecule has 0 saturated heterocycles. The van der Waals surface area contributed by atoms with Gasteiger partial charge in [0.2, 0.25) is 23.6 Å². The topological polar surface area (TPSA) is 261 Å². The third-order valence-electron chi connectivity index (χ3n) is 5.65. The number of thioether (sulfide) groups is 1. The zero-order valence-corrected chi connectivity index (χ0v) is 22.9. The molecule has 6 atom stereocenters. The molecule has 0 bridgehead atoms. The van der Waals surface area contributed by atoms with E-state index >= 15 is 0 Å². The lowest BCUT2D eigenvalue weighted by atomic mass is 10.0. The Morgan fingerprint density at radius 3 is 1.90 bits per heavy atom. The Kier molecular flexibility index (Phi) is 15.0. The fraction of sp³-hybridized carbons (Fsp3) is 0.542. The number of hydrogen-bond acceptors (Lipinski definition) is 11. The van der Waals surface area contributed by atoms with Gasteiger partial charge in [-0.2, -0.15) is 11.8 Å². The van der Waals surface area contributed by atoms with Crippen molar-refractivity contribution in [2.24, 2.45) is 5.73 Å². The van der Waals surface area contributed by atoms with Gasteiger partial charge in [-0.25, -0.2) is 4.79 Å². The highest BCUT2D eigenvalue weighted by Gasteiger charge is 2.33. The van der Waals surface area contributed by atoms with E-state index in [0.29, 0.717) is 11.3 Å². The molecule has 224 valence electrons. The monoisotopic (exact) mass is 587 g/mol. The third-order valence-corrected chi connectivity index (χ3v) is 6.29. The Bertz CT molecular complexity index is 1010. The second-order valence-electron chi connectivity index (χ2n) is 8.87. The summed E-state index contributed by atoms with van der Waals surface area (Å²) in [5, 5.41) is 56.9. The molecule has 0 saturated carbocycles. The van der Waals surface area contributed by atoms with Crippen molar-refractivity contribution in [1.82, 2.24) is 21.3 Å². The van der Waals surface area contributed by atoms with Crippen LogP contribution in [0.4, 0.5) is 0 Å². The van der Waals surface area contributed by atoms with Crippen molar-refractivity contribution in [3.8, 4) is 5.75 Å². The number of nitrogens with two attached hydrogens (primary N) is 1. The van der Waals surface area contributed by atoms with Gasteiger partial charge in [0.05, 0.1) is 19.3 Å². The molecule has 11 N–H and O–H groups in total. The number of aromatic hydroxyl groups is 1. The van der Waals surface area contributed by atoms with Crippen molar-refractivity contribution in [3.63, 3.8) is 0 Å². The van der Waals surface area contributed by atoms with E-state index in [-0.39, 0.29) is 18.6 Å². The maximum atomic E-state index is 13.2. The van der Waals surface area contributed by atoms with Gasteiger partial charge in [0.15, 0.2) is 0 Å². The predicted octanol–water partition coefficient (Wildman–Crippen LogP) is -3.60. The fourth-order valence-corrected chi connectivity index (χ4v) is 3.79. The molecule has 15 nitrogen and oxygen atoms in total. The molecule has 16 heteroatoms. The Hall–Kier alpha value is -3.44. The maximum absolute atomic E-state index is 13.2. The zero-order valence-electron chi connectivity index (χ0n) is 22.1. The van der Waals surface area contributed by atoms with Crippen LogP contribution in [-0.2, 0) is 30.4 Å². The summed E-state index contributed by atoms with van der Waals surface area (Å²) in [5.41, 5.74) is 5.91. The number of aliphatic hydroxyl groups excluding tert-OH is 3. The van der Waals surface area contributed by atoms with Crippen molar-refractivity contribution in [3.05, 3.63) is 29.8 Å². The molecule has 0 heterocycles. The quantitative estimate of drug-likeness (QED) is 0.0848. The molecule has 0 fully saturated rings. The normalized spacial score (nSPS) is 15.4. The van der Waals surface area contributed by atoms with Crippen molar-refractivity contribution in [2.45, 2.75) is 56.1 Å². The van der Waals surface area contributed by atoms with Gasteiger partial charge in [-0.1, -0.05) is 12.1 Å². The number of amides is 4. The van der Waals surface area contributed by atoms with Gasteiger partial charge in [-0.15, -0.1) is 0 Å². The molecule has 1 rings (SSSR count). The second-order valence-corrected chi connectivity index (χ2v) is 9.86. The fourth-order valence-electron chi connectivity index (χ4n) is 3.32. The Morgan fingerprint density at radius 1 is 0.850 bits per heavy atom. The van der Waals surface area contributed by atoms with Gasteiger partial charge < -0.3 is 52.5 Å². The van der Waals surface area contributed by atoms with E-state index in [1.165, 1.54) is 43.0 Å². The van der Waals surface area contributed by atoms with Crippen molar-refractivity contribution >= 4 is 41.4 Å². The minimum atomic E-state index is -1.58. The molecule has 4 amide bonds. The van der Waals surface area contributed by atoms with Crippen LogP contribution in [0.5, 0.6) is 5.75 Å². The summed E-state index contributed by atoms with van der Waals surface area (Å²) in [4.78, 5) is 62.4. The first-order valence-corrected chi connectivity index (χ1v) is 13.6. The molecular weight excluding hydrogens is 550 g/mol. The van der Waals surface area contributed by atoms with Crippen molar-refractivity contribution < 1.29 is 49.5 Å². The number of benzene rings is 1. The predicted molar refractivity (Wildman–Crippen MR) is 144 cm³/mol. The lowest BCUT2D eigenvalue weighted by molar-refractivity contribution is -0.142. The Morgan fingerprint density at radius 2 is 1.40 bits per heavy atom. The minimum absolute atomic E-state index is 0.0580. The molecule has 40 heavy (non-hydrogen) atoms. The number of carbonyl (C=O) groups is 5. The molecule has 0 aliphatic rings. The smallest absolute Gasteiger partial charge is 0.326 e. The van der Waals surface area contributed by atoms with Gasteiger partial charge in [0.1, 0.15) is 36.0 Å². The van der Waals surface area contributed by atoms with Crippen molar-refractivity contribution in [2.75, 3.05) is 25.2 Å². The molecule has 0 aliphatic heterocycles. The van der Waals surface area contributed by atoms with Crippen LogP contribution in [0.1, 0.15) is 18.9 Å². The second kappa shape index (κ2) is 17.3. The van der Waals surface area contributed by atoms with E-state index in [1.807, 2.05) is 0 Å². The Labute approximate surface area is 234 Å². The largest absolute Gasteiger partial charge is 0.508 e. The molecule has 0 spiro atoms. The van der Waals surface area contributed by atoms with Gasteiger partial charge in [-0.3, -0.25) is 19.2 Å². The van der Waals surface area contributed by atoms with Crippen LogP contribution in [-0.4, -0.2) is 117 Å². The number of carboxylic acid groups (broad SMARTS) is 1. The summed E-state index contributed by atoms with van der Waals surface area (Å²) >= 11 is 1.37. The molecule has 1 aromatic carbocycles. The number of rotatable bonds is 17. The number of phenolic OH excluding ortho intramolecular Hbond substituents is 1. The van der Waals surface area contributed by atoms with Crippen LogP contribution >= 0.6 is 11.8 Å². The summed E-state index contributed by atoms with van der Waals surface area (Å²) in [6, 6.07) is -1.60. The van der Waals surface area contributed by atoms with E-state index < -0.39 is 79.1 Å². The lowest BCUT2D eigenvalue weighted by Gasteiger charge is -2.27. The molecular formula is C24H37N5O10S. The summed E-state index contributed by atoms with van der Waals surface area (Å²) in [6.07, 6.45) is 0.228. The van der Waals surface area contributed by atoms with Crippen LogP contribution in [0.2, 0.25) is 0 Å². The van der Waals surface area contributed by atoms with Crippen LogP contribution in [0.25, 0.3) is 0 Å². The van der Waals surface area contributed by atoms with E-state index in [4.69, 9.17) is 10.8 Å². The minimum Gasteiger partial charge on any atom is -0.508 e. The molecule has 0 radical (unpaired) electrons. The molecule has 0 aliphatic carbocycles. The lowest BCUT2D eigenvalue weighted by Crippen LogP contribution is -2.61. The first-order valence-electron chi connectivity index (χ1n) is 12.2. The zero-order chi connectivity index (χ0) is 30.4. The summed E-state index contributed by atoms with van der Waals surface area (Å²) < 4.78 is 0. The van der Waals surface area contributed by atoms with E-state index in [1.54, 1.807) is 6.26 Å². The highest BCUT2D eigenvalue weighted by atomic mass is 32.2. The van der Waals surface area contributed by atoms with Gasteiger partial charge in [0, 0.05) is 6.42 Å².